The molecule has 6 heteroatoms. The highest BCUT2D eigenvalue weighted by Gasteiger charge is 2.37. The number of aromatic hydroxyl groups is 1. The van der Waals surface area contributed by atoms with Gasteiger partial charge in [0.1, 0.15) is 0 Å². The van der Waals surface area contributed by atoms with E-state index in [2.05, 4.69) is 10.2 Å². The van der Waals surface area contributed by atoms with Crippen LogP contribution in [0.3, 0.4) is 0 Å². The minimum Gasteiger partial charge on any atom is -0.502 e. The number of nitrogens with one attached hydrogen (secondary N) is 1. The number of benzene rings is 1. The molecule has 1 saturated heterocycles. The van der Waals surface area contributed by atoms with Crippen molar-refractivity contribution in [1.82, 2.24) is 10.2 Å². The maximum absolute atomic E-state index is 11.0. The minimum atomic E-state index is -0.513. The van der Waals surface area contributed by atoms with Gasteiger partial charge in [-0.1, -0.05) is 6.07 Å². The Kier molecular flexibility index (Phi) is 3.58. The van der Waals surface area contributed by atoms with Gasteiger partial charge in [0.25, 0.3) is 0 Å². The van der Waals surface area contributed by atoms with Crippen LogP contribution in [0.2, 0.25) is 0 Å². The standard InChI is InChI=1S/C14H19N3O3/c18-13-4-3-11(9-12(13)17(19)20)14(10-1-2-10)16-7-5-15-6-8-16/h3-4,9-10,14-15,18H,1-2,5-8H2/t14-/m1/s1. The monoisotopic (exact) mass is 277 g/mol. The van der Waals surface area contributed by atoms with Gasteiger partial charge in [-0.2, -0.15) is 0 Å². The summed E-state index contributed by atoms with van der Waals surface area (Å²) in [6.45, 7) is 3.86. The molecule has 108 valence electrons. The Bertz CT molecular complexity index is 510. The molecular weight excluding hydrogens is 258 g/mol. The van der Waals surface area contributed by atoms with E-state index >= 15 is 0 Å². The van der Waals surface area contributed by atoms with Crippen LogP contribution in [-0.4, -0.2) is 41.1 Å². The largest absolute Gasteiger partial charge is 0.502 e. The number of rotatable bonds is 4. The molecule has 1 aliphatic heterocycles. The summed E-state index contributed by atoms with van der Waals surface area (Å²) in [6.07, 6.45) is 2.37. The molecule has 1 atom stereocenters. The van der Waals surface area contributed by atoms with E-state index in [1.165, 1.54) is 18.9 Å². The number of piperazine rings is 1. The van der Waals surface area contributed by atoms with E-state index in [9.17, 15) is 15.2 Å². The fraction of sp³-hybridized carbons (Fsp3) is 0.571. The second-order valence-electron chi connectivity index (χ2n) is 5.57. The molecule has 6 nitrogen and oxygen atoms in total. The van der Waals surface area contributed by atoms with Crippen LogP contribution in [0.5, 0.6) is 5.75 Å². The zero-order valence-corrected chi connectivity index (χ0v) is 11.3. The fourth-order valence-electron chi connectivity index (χ4n) is 3.02. The highest BCUT2D eigenvalue weighted by Crippen LogP contribution is 2.45. The van der Waals surface area contributed by atoms with Crippen molar-refractivity contribution in [2.75, 3.05) is 26.2 Å². The zero-order chi connectivity index (χ0) is 14.1. The smallest absolute Gasteiger partial charge is 0.311 e. The Morgan fingerprint density at radius 2 is 2.05 bits per heavy atom. The van der Waals surface area contributed by atoms with Crippen LogP contribution in [0.1, 0.15) is 24.4 Å². The number of hydrogen-bond donors (Lipinski definition) is 2. The van der Waals surface area contributed by atoms with Crippen LogP contribution < -0.4 is 5.32 Å². The molecule has 0 aromatic heterocycles. The van der Waals surface area contributed by atoms with Gasteiger partial charge in [-0.05, 0) is 30.4 Å². The van der Waals surface area contributed by atoms with Gasteiger partial charge in [0.15, 0.2) is 5.75 Å². The van der Waals surface area contributed by atoms with Crippen molar-refractivity contribution in [3.8, 4) is 5.75 Å². The SMILES string of the molecule is O=[N+]([O-])c1cc([C@@H](C2CC2)N2CCNCC2)ccc1O. The Hall–Kier alpha value is -1.66. The number of hydrogen-bond acceptors (Lipinski definition) is 5. The molecule has 2 N–H and O–H groups in total. The topological polar surface area (TPSA) is 78.6 Å². The molecule has 3 rings (SSSR count). The van der Waals surface area contributed by atoms with Crippen molar-refractivity contribution in [1.29, 1.82) is 0 Å². The Morgan fingerprint density at radius 3 is 2.65 bits per heavy atom. The predicted octanol–water partition coefficient (Wildman–Crippen LogP) is 1.66. The molecular formula is C14H19N3O3. The van der Waals surface area contributed by atoms with Gasteiger partial charge in [0.2, 0.25) is 0 Å². The van der Waals surface area contributed by atoms with E-state index in [0.717, 1.165) is 31.7 Å². The third-order valence-electron chi connectivity index (χ3n) is 4.15. The fourth-order valence-corrected chi connectivity index (χ4v) is 3.02. The van der Waals surface area contributed by atoms with Crippen LogP contribution in [0.25, 0.3) is 0 Å². The second-order valence-corrected chi connectivity index (χ2v) is 5.57. The maximum Gasteiger partial charge on any atom is 0.311 e. The summed E-state index contributed by atoms with van der Waals surface area (Å²) in [5.74, 6) is 0.339. The summed E-state index contributed by atoms with van der Waals surface area (Å²) < 4.78 is 0. The van der Waals surface area contributed by atoms with Crippen molar-refractivity contribution >= 4 is 5.69 Å². The first-order valence-electron chi connectivity index (χ1n) is 7.09. The summed E-state index contributed by atoms with van der Waals surface area (Å²) >= 11 is 0. The molecule has 0 spiro atoms. The van der Waals surface area contributed by atoms with Gasteiger partial charge in [0.05, 0.1) is 4.92 Å². The van der Waals surface area contributed by atoms with E-state index in [-0.39, 0.29) is 17.5 Å². The lowest BCUT2D eigenvalue weighted by atomic mass is 9.99. The van der Waals surface area contributed by atoms with E-state index in [1.54, 1.807) is 6.07 Å². The van der Waals surface area contributed by atoms with Gasteiger partial charge >= 0.3 is 5.69 Å². The minimum absolute atomic E-state index is 0.191. The van der Waals surface area contributed by atoms with E-state index in [0.29, 0.717) is 5.92 Å². The number of phenols is 1. The molecule has 0 bridgehead atoms. The summed E-state index contributed by atoms with van der Waals surface area (Å²) in [7, 11) is 0. The van der Waals surface area contributed by atoms with Gasteiger partial charge < -0.3 is 10.4 Å². The van der Waals surface area contributed by atoms with E-state index in [1.807, 2.05) is 6.07 Å². The molecule has 1 aromatic carbocycles. The van der Waals surface area contributed by atoms with Crippen molar-refractivity contribution in [3.05, 3.63) is 33.9 Å². The molecule has 20 heavy (non-hydrogen) atoms. The van der Waals surface area contributed by atoms with Crippen LogP contribution >= 0.6 is 0 Å². The summed E-state index contributed by atoms with van der Waals surface area (Å²) in [5, 5.41) is 23.9. The molecule has 0 radical (unpaired) electrons. The maximum atomic E-state index is 11.0. The molecule has 2 aliphatic rings. The highest BCUT2D eigenvalue weighted by atomic mass is 16.6. The van der Waals surface area contributed by atoms with Crippen LogP contribution in [0, 0.1) is 16.0 Å². The van der Waals surface area contributed by atoms with Crippen molar-refractivity contribution in [2.45, 2.75) is 18.9 Å². The predicted molar refractivity (Wildman–Crippen MR) is 74.7 cm³/mol. The van der Waals surface area contributed by atoms with Gasteiger partial charge in [-0.25, -0.2) is 0 Å². The lowest BCUT2D eigenvalue weighted by Gasteiger charge is -2.35. The average molecular weight is 277 g/mol. The molecule has 1 saturated carbocycles. The highest BCUT2D eigenvalue weighted by molar-refractivity contribution is 5.48. The average Bonchev–Trinajstić information content (AvgIpc) is 3.26. The van der Waals surface area contributed by atoms with Crippen LogP contribution in [-0.2, 0) is 0 Å². The number of nitro benzene ring substituents is 1. The Labute approximate surface area is 117 Å². The second kappa shape index (κ2) is 5.38. The first kappa shape index (κ1) is 13.3. The lowest BCUT2D eigenvalue weighted by Crippen LogP contribution is -2.45. The quantitative estimate of drug-likeness (QED) is 0.646. The first-order chi connectivity index (χ1) is 9.66. The third-order valence-corrected chi connectivity index (χ3v) is 4.15. The Balaban J connectivity index is 1.91. The van der Waals surface area contributed by atoms with E-state index < -0.39 is 4.92 Å². The normalized spacial score (nSPS) is 21.6. The summed E-state index contributed by atoms with van der Waals surface area (Å²) in [5.41, 5.74) is 0.766. The molecule has 1 aliphatic carbocycles. The summed E-state index contributed by atoms with van der Waals surface area (Å²) in [4.78, 5) is 12.9. The lowest BCUT2D eigenvalue weighted by molar-refractivity contribution is -0.386. The molecule has 0 unspecified atom stereocenters. The zero-order valence-electron chi connectivity index (χ0n) is 11.3. The van der Waals surface area contributed by atoms with Crippen LogP contribution in [0.4, 0.5) is 5.69 Å². The van der Waals surface area contributed by atoms with Gasteiger partial charge in [-0.3, -0.25) is 15.0 Å². The number of phenolic OH excluding ortho intramolecular Hbond substituents is 1. The molecule has 2 fully saturated rings. The van der Waals surface area contributed by atoms with Crippen LogP contribution in [0.15, 0.2) is 18.2 Å². The summed E-state index contributed by atoms with van der Waals surface area (Å²) in [6, 6.07) is 5.06. The third kappa shape index (κ3) is 2.62. The van der Waals surface area contributed by atoms with Gasteiger partial charge in [-0.15, -0.1) is 0 Å². The van der Waals surface area contributed by atoms with E-state index in [4.69, 9.17) is 0 Å². The van der Waals surface area contributed by atoms with Crippen molar-refractivity contribution in [3.63, 3.8) is 0 Å². The molecule has 0 amide bonds. The first-order valence-corrected chi connectivity index (χ1v) is 7.09. The molecule has 1 aromatic rings. The van der Waals surface area contributed by atoms with Crippen molar-refractivity contribution < 1.29 is 10.0 Å². The Morgan fingerprint density at radius 1 is 1.35 bits per heavy atom. The number of nitro groups is 1. The van der Waals surface area contributed by atoms with Gasteiger partial charge in [0, 0.05) is 38.3 Å². The molecule has 1 heterocycles. The van der Waals surface area contributed by atoms with Crippen molar-refractivity contribution in [2.24, 2.45) is 5.92 Å². The number of nitrogens with zero attached hydrogens (tertiary/aromatic N) is 2.